The molecule has 1 aliphatic rings. The molecule has 0 bridgehead atoms. The Hall–Kier alpha value is -3.55. The van der Waals surface area contributed by atoms with Crippen LogP contribution in [0.4, 0.5) is 31.1 Å². The summed E-state index contributed by atoms with van der Waals surface area (Å²) < 4.78 is 85.7. The Morgan fingerprint density at radius 3 is 2.16 bits per heavy atom. The number of pyridine rings is 1. The normalized spacial score (nSPS) is 15.4. The van der Waals surface area contributed by atoms with Crippen molar-refractivity contribution < 1.29 is 50.5 Å². The third-order valence-electron chi connectivity index (χ3n) is 5.66. The summed E-state index contributed by atoms with van der Waals surface area (Å²) in [4.78, 5) is 30.5. The predicted molar refractivity (Wildman–Crippen MR) is 121 cm³/mol. The highest BCUT2D eigenvalue weighted by molar-refractivity contribution is 5.77. The van der Waals surface area contributed by atoms with Crippen molar-refractivity contribution in [3.8, 4) is 17.0 Å². The minimum Gasteiger partial charge on any atom is -0.478 e. The molecule has 3 rings (SSSR count). The highest BCUT2D eigenvalue weighted by atomic mass is 19.4. The number of aliphatic carboxylic acids is 1. The quantitative estimate of drug-likeness (QED) is 0.499. The molecule has 0 unspecified atom stereocenters. The van der Waals surface area contributed by atoms with E-state index in [0.717, 1.165) is 4.90 Å². The van der Waals surface area contributed by atoms with Gasteiger partial charge in [0.15, 0.2) is 5.60 Å². The Balaban J connectivity index is 1.71. The first kappa shape index (κ1) is 29.0. The third kappa shape index (κ3) is 7.49. The maximum absolute atomic E-state index is 12.7. The average Bonchev–Trinajstić information content (AvgIpc) is 2.81. The molecule has 1 aromatic heterocycles. The fourth-order valence-corrected chi connectivity index (χ4v) is 3.67. The number of carboxylic acids is 1. The molecule has 14 heteroatoms. The van der Waals surface area contributed by atoms with Crippen LogP contribution in [0.3, 0.4) is 0 Å². The summed E-state index contributed by atoms with van der Waals surface area (Å²) in [5.74, 6) is -0.910. The van der Waals surface area contributed by atoms with Crippen molar-refractivity contribution in [2.75, 3.05) is 26.2 Å². The molecule has 0 spiro atoms. The molecule has 1 N–H and O–H groups in total. The standard InChI is InChI=1S/C24H25F6N3O5/c1-22(2,20(34)35)38-17-12-15(11-16(13-17)18-5-3-4-6-31-18)14-32-7-9-33(10-8-32)21(36)37-19(23(25,26)27)24(28,29)30/h3-6,11-13,19H,7-10,14H2,1-2H3,(H,34,35). The number of hydrogen-bond donors (Lipinski definition) is 1. The predicted octanol–water partition coefficient (Wildman–Crippen LogP) is 4.74. The van der Waals surface area contributed by atoms with Crippen LogP contribution in [0.1, 0.15) is 19.4 Å². The number of carbonyl (C=O) groups is 2. The largest absolute Gasteiger partial charge is 0.478 e. The van der Waals surface area contributed by atoms with E-state index in [4.69, 9.17) is 4.74 Å². The molecule has 0 radical (unpaired) electrons. The van der Waals surface area contributed by atoms with E-state index in [1.165, 1.54) is 13.8 Å². The van der Waals surface area contributed by atoms with Crippen LogP contribution < -0.4 is 4.74 Å². The molecule has 2 aromatic rings. The lowest BCUT2D eigenvalue weighted by Crippen LogP contribution is -2.52. The van der Waals surface area contributed by atoms with E-state index in [1.807, 2.05) is 4.90 Å². The number of carbonyl (C=O) groups excluding carboxylic acids is 1. The van der Waals surface area contributed by atoms with Gasteiger partial charge in [0.2, 0.25) is 0 Å². The maximum atomic E-state index is 12.7. The number of piperazine rings is 1. The van der Waals surface area contributed by atoms with Crippen LogP contribution in [0, 0.1) is 0 Å². The Labute approximate surface area is 213 Å². The first-order valence-electron chi connectivity index (χ1n) is 11.4. The average molecular weight is 549 g/mol. The van der Waals surface area contributed by atoms with Gasteiger partial charge in [0.05, 0.1) is 5.69 Å². The first-order chi connectivity index (χ1) is 17.6. The van der Waals surface area contributed by atoms with E-state index < -0.39 is 36.1 Å². The van der Waals surface area contributed by atoms with E-state index in [-0.39, 0.29) is 38.5 Å². The zero-order chi connectivity index (χ0) is 28.3. The van der Waals surface area contributed by atoms with Gasteiger partial charge in [-0.25, -0.2) is 9.59 Å². The SMILES string of the molecule is CC(C)(Oc1cc(CN2CCN(C(=O)OC(C(F)(F)F)C(F)(F)F)CC2)cc(-c2ccccn2)c1)C(=O)O. The molecule has 8 nitrogen and oxygen atoms in total. The molecule has 208 valence electrons. The molecule has 0 atom stereocenters. The number of hydrogen-bond acceptors (Lipinski definition) is 6. The van der Waals surface area contributed by atoms with Gasteiger partial charge in [0, 0.05) is 44.5 Å². The van der Waals surface area contributed by atoms with Crippen LogP contribution >= 0.6 is 0 Å². The van der Waals surface area contributed by atoms with Crippen LogP contribution in [-0.4, -0.2) is 82.2 Å². The minimum absolute atomic E-state index is 0.141. The van der Waals surface area contributed by atoms with Crippen molar-refractivity contribution in [1.82, 2.24) is 14.8 Å². The molecule has 38 heavy (non-hydrogen) atoms. The van der Waals surface area contributed by atoms with Crippen LogP contribution in [0.25, 0.3) is 11.3 Å². The summed E-state index contributed by atoms with van der Waals surface area (Å²) in [6.07, 6.45) is -15.9. The number of amides is 1. The van der Waals surface area contributed by atoms with Crippen molar-refractivity contribution in [3.63, 3.8) is 0 Å². The summed E-state index contributed by atoms with van der Waals surface area (Å²) in [6.45, 7) is 3.03. The van der Waals surface area contributed by atoms with Gasteiger partial charge in [0.1, 0.15) is 5.75 Å². The van der Waals surface area contributed by atoms with E-state index in [2.05, 4.69) is 9.72 Å². The number of nitrogens with zero attached hydrogens (tertiary/aromatic N) is 3. The van der Waals surface area contributed by atoms with Crippen molar-refractivity contribution in [2.45, 2.75) is 44.4 Å². The molecule has 1 fully saturated rings. The maximum Gasteiger partial charge on any atom is 0.434 e. The highest BCUT2D eigenvalue weighted by Gasteiger charge is 2.60. The van der Waals surface area contributed by atoms with Gasteiger partial charge in [-0.1, -0.05) is 6.07 Å². The number of benzene rings is 1. The fourth-order valence-electron chi connectivity index (χ4n) is 3.67. The molecule has 1 amide bonds. The van der Waals surface area contributed by atoms with Gasteiger partial charge >= 0.3 is 24.4 Å². The van der Waals surface area contributed by atoms with E-state index in [9.17, 15) is 41.0 Å². The van der Waals surface area contributed by atoms with Crippen LogP contribution in [0.15, 0.2) is 42.6 Å². The zero-order valence-corrected chi connectivity index (χ0v) is 20.3. The Morgan fingerprint density at radius 1 is 1.00 bits per heavy atom. The summed E-state index contributed by atoms with van der Waals surface area (Å²) in [5, 5.41) is 9.42. The first-order valence-corrected chi connectivity index (χ1v) is 11.4. The number of halogens is 6. The van der Waals surface area contributed by atoms with Gasteiger partial charge in [0.25, 0.3) is 6.10 Å². The Morgan fingerprint density at radius 2 is 1.63 bits per heavy atom. The lowest BCUT2D eigenvalue weighted by Gasteiger charge is -2.35. The van der Waals surface area contributed by atoms with Gasteiger partial charge in [-0.2, -0.15) is 26.3 Å². The molecular weight excluding hydrogens is 524 g/mol. The number of alkyl halides is 6. The molecule has 1 aromatic carbocycles. The molecule has 0 saturated carbocycles. The Bertz CT molecular complexity index is 1120. The molecule has 0 aliphatic carbocycles. The summed E-state index contributed by atoms with van der Waals surface area (Å²) in [5.41, 5.74) is 0.404. The second-order valence-electron chi connectivity index (χ2n) is 9.11. The zero-order valence-electron chi connectivity index (χ0n) is 20.3. The number of ether oxygens (including phenoxy) is 2. The number of carboxylic acid groups (broad SMARTS) is 1. The smallest absolute Gasteiger partial charge is 0.434 e. The minimum atomic E-state index is -5.79. The summed E-state index contributed by atoms with van der Waals surface area (Å²) in [6, 6.07) is 10.3. The third-order valence-corrected chi connectivity index (χ3v) is 5.66. The molecule has 2 heterocycles. The van der Waals surface area contributed by atoms with Gasteiger partial charge < -0.3 is 19.5 Å². The molecule has 1 saturated heterocycles. The van der Waals surface area contributed by atoms with Crippen molar-refractivity contribution in [3.05, 3.63) is 48.2 Å². The lowest BCUT2D eigenvalue weighted by atomic mass is 10.0. The van der Waals surface area contributed by atoms with E-state index in [0.29, 0.717) is 16.8 Å². The van der Waals surface area contributed by atoms with Crippen LogP contribution in [-0.2, 0) is 16.1 Å². The van der Waals surface area contributed by atoms with Crippen molar-refractivity contribution >= 4 is 12.1 Å². The number of aromatic nitrogens is 1. The van der Waals surface area contributed by atoms with Crippen LogP contribution in [0.5, 0.6) is 5.75 Å². The summed E-state index contributed by atoms with van der Waals surface area (Å²) >= 11 is 0. The summed E-state index contributed by atoms with van der Waals surface area (Å²) in [7, 11) is 0. The van der Waals surface area contributed by atoms with E-state index in [1.54, 1.807) is 42.6 Å². The van der Waals surface area contributed by atoms with Crippen molar-refractivity contribution in [2.24, 2.45) is 0 Å². The second kappa shape index (κ2) is 11.1. The van der Waals surface area contributed by atoms with Gasteiger partial charge in [-0.05, 0) is 49.7 Å². The highest BCUT2D eigenvalue weighted by Crippen LogP contribution is 2.36. The van der Waals surface area contributed by atoms with E-state index >= 15 is 0 Å². The molecule has 1 aliphatic heterocycles. The molecular formula is C24H25F6N3O5. The van der Waals surface area contributed by atoms with Crippen LogP contribution in [0.2, 0.25) is 0 Å². The monoisotopic (exact) mass is 549 g/mol. The lowest BCUT2D eigenvalue weighted by molar-refractivity contribution is -0.308. The number of rotatable bonds is 7. The second-order valence-corrected chi connectivity index (χ2v) is 9.11. The van der Waals surface area contributed by atoms with Gasteiger partial charge in [-0.3, -0.25) is 9.88 Å². The fraction of sp³-hybridized carbons (Fsp3) is 0.458. The topological polar surface area (TPSA) is 92.2 Å². The van der Waals surface area contributed by atoms with Gasteiger partial charge in [-0.15, -0.1) is 0 Å². The Kier molecular flexibility index (Phi) is 8.44. The van der Waals surface area contributed by atoms with Crippen molar-refractivity contribution in [1.29, 1.82) is 0 Å².